The molecule has 2 nitrogen and oxygen atoms in total. The molecule has 0 radical (unpaired) electrons. The summed E-state index contributed by atoms with van der Waals surface area (Å²) in [6, 6.07) is 7.72. The van der Waals surface area contributed by atoms with Crippen molar-refractivity contribution in [3.8, 4) is 18.1 Å². The van der Waals surface area contributed by atoms with Gasteiger partial charge in [-0.15, -0.1) is 6.42 Å². The molecule has 0 aliphatic rings. The van der Waals surface area contributed by atoms with Gasteiger partial charge < -0.3 is 9.47 Å². The summed E-state index contributed by atoms with van der Waals surface area (Å²) in [5, 5.41) is 0. The van der Waals surface area contributed by atoms with Crippen LogP contribution in [0.2, 0.25) is 0 Å². The van der Waals surface area contributed by atoms with Crippen molar-refractivity contribution < 1.29 is 9.47 Å². The molecule has 1 aromatic carbocycles. The number of hydrogen-bond acceptors (Lipinski definition) is 2. The molecule has 14 heavy (non-hydrogen) atoms. The Hall–Kier alpha value is -1.46. The first-order valence-electron chi connectivity index (χ1n) is 4.47. The molecular weight excluding hydrogens is 176 g/mol. The Bertz CT molecular complexity index is 308. The van der Waals surface area contributed by atoms with Gasteiger partial charge in [0, 0.05) is 0 Å². The summed E-state index contributed by atoms with van der Waals surface area (Å²) in [5.41, 5.74) is 1.09. The molecule has 2 heteroatoms. The molecule has 0 heterocycles. The molecule has 0 amide bonds. The summed E-state index contributed by atoms with van der Waals surface area (Å²) in [6.07, 6.45) is 5.05. The molecule has 0 spiro atoms. The number of rotatable bonds is 4. The summed E-state index contributed by atoms with van der Waals surface area (Å²) in [5.74, 6) is 3.36. The maximum Gasteiger partial charge on any atom is 0.118 e. The summed E-state index contributed by atoms with van der Waals surface area (Å²) in [7, 11) is 1.64. The fourth-order valence-corrected chi connectivity index (χ4v) is 0.991. The lowest BCUT2D eigenvalue weighted by molar-refractivity contribution is 0.0901. The van der Waals surface area contributed by atoms with Gasteiger partial charge in [-0.1, -0.05) is 18.1 Å². The number of benzene rings is 1. The van der Waals surface area contributed by atoms with Gasteiger partial charge in [0.1, 0.15) is 11.9 Å². The van der Waals surface area contributed by atoms with E-state index in [1.807, 2.05) is 31.2 Å². The predicted octanol–water partition coefficient (Wildman–Crippen LogP) is 2.23. The second kappa shape index (κ2) is 5.31. The van der Waals surface area contributed by atoms with Crippen LogP contribution in [0.1, 0.15) is 12.5 Å². The maximum absolute atomic E-state index is 5.37. The van der Waals surface area contributed by atoms with Crippen LogP contribution in [0.25, 0.3) is 0 Å². The van der Waals surface area contributed by atoms with Gasteiger partial charge in [0.15, 0.2) is 0 Å². The molecule has 1 rings (SSSR count). The van der Waals surface area contributed by atoms with E-state index in [-0.39, 0.29) is 6.10 Å². The molecule has 0 N–H and O–H groups in total. The van der Waals surface area contributed by atoms with Crippen LogP contribution in [-0.4, -0.2) is 13.2 Å². The minimum absolute atomic E-state index is 0.142. The lowest BCUT2D eigenvalue weighted by Crippen LogP contribution is -2.04. The van der Waals surface area contributed by atoms with Gasteiger partial charge in [-0.2, -0.15) is 0 Å². The summed E-state index contributed by atoms with van der Waals surface area (Å²) < 4.78 is 10.4. The topological polar surface area (TPSA) is 18.5 Å². The van der Waals surface area contributed by atoms with Crippen LogP contribution in [0.4, 0.5) is 0 Å². The van der Waals surface area contributed by atoms with Gasteiger partial charge in [0.2, 0.25) is 0 Å². The Morgan fingerprint density at radius 1 is 1.36 bits per heavy atom. The number of ether oxygens (including phenoxy) is 2. The quantitative estimate of drug-likeness (QED) is 0.678. The van der Waals surface area contributed by atoms with E-state index in [0.29, 0.717) is 6.61 Å². The first kappa shape index (κ1) is 10.6. The standard InChI is InChI=1S/C12H14O2/c1-4-10(2)14-9-11-5-7-12(13-3)8-6-11/h1,5-8,10H,9H2,2-3H3/t10-/m1/s1. The fraction of sp³-hybridized carbons (Fsp3) is 0.333. The second-order valence-corrected chi connectivity index (χ2v) is 2.97. The highest BCUT2D eigenvalue weighted by atomic mass is 16.5. The second-order valence-electron chi connectivity index (χ2n) is 2.97. The van der Waals surface area contributed by atoms with Gasteiger partial charge >= 0.3 is 0 Å². The van der Waals surface area contributed by atoms with E-state index < -0.39 is 0 Å². The molecule has 0 fully saturated rings. The largest absolute Gasteiger partial charge is 0.497 e. The monoisotopic (exact) mass is 190 g/mol. The van der Waals surface area contributed by atoms with Crippen molar-refractivity contribution in [1.82, 2.24) is 0 Å². The van der Waals surface area contributed by atoms with Crippen LogP contribution in [0.3, 0.4) is 0 Å². The average Bonchev–Trinajstić information content (AvgIpc) is 2.26. The molecule has 0 saturated carbocycles. The zero-order chi connectivity index (χ0) is 10.4. The highest BCUT2D eigenvalue weighted by Crippen LogP contribution is 2.12. The molecule has 0 bridgehead atoms. The van der Waals surface area contributed by atoms with E-state index in [9.17, 15) is 0 Å². The Labute approximate surface area is 84.8 Å². The van der Waals surface area contributed by atoms with Crippen LogP contribution in [0, 0.1) is 12.3 Å². The third kappa shape index (κ3) is 3.12. The van der Waals surface area contributed by atoms with Crippen LogP contribution in [-0.2, 0) is 11.3 Å². The van der Waals surface area contributed by atoms with Crippen molar-refractivity contribution >= 4 is 0 Å². The van der Waals surface area contributed by atoms with E-state index in [2.05, 4.69) is 5.92 Å². The highest BCUT2D eigenvalue weighted by Gasteiger charge is 1.98. The van der Waals surface area contributed by atoms with E-state index in [4.69, 9.17) is 15.9 Å². The maximum atomic E-state index is 5.37. The summed E-state index contributed by atoms with van der Waals surface area (Å²) in [4.78, 5) is 0. The van der Waals surface area contributed by atoms with Gasteiger partial charge in [0.05, 0.1) is 13.7 Å². The highest BCUT2D eigenvalue weighted by molar-refractivity contribution is 5.26. The Balaban J connectivity index is 2.48. The number of methoxy groups -OCH3 is 1. The van der Waals surface area contributed by atoms with Crippen molar-refractivity contribution in [2.24, 2.45) is 0 Å². The Kier molecular flexibility index (Phi) is 4.03. The fourth-order valence-electron chi connectivity index (χ4n) is 0.991. The van der Waals surface area contributed by atoms with E-state index in [1.165, 1.54) is 0 Å². The third-order valence-electron chi connectivity index (χ3n) is 1.89. The zero-order valence-corrected chi connectivity index (χ0v) is 8.49. The van der Waals surface area contributed by atoms with Crippen molar-refractivity contribution in [3.05, 3.63) is 29.8 Å². The minimum Gasteiger partial charge on any atom is -0.497 e. The van der Waals surface area contributed by atoms with Crippen molar-refractivity contribution in [2.45, 2.75) is 19.6 Å². The van der Waals surface area contributed by atoms with Crippen LogP contribution in [0.5, 0.6) is 5.75 Å². The molecule has 0 aliphatic carbocycles. The van der Waals surface area contributed by atoms with Gasteiger partial charge in [-0.25, -0.2) is 0 Å². The van der Waals surface area contributed by atoms with Gasteiger partial charge in [-0.05, 0) is 24.6 Å². The minimum atomic E-state index is -0.142. The molecule has 0 unspecified atom stereocenters. The Morgan fingerprint density at radius 3 is 2.50 bits per heavy atom. The lowest BCUT2D eigenvalue weighted by atomic mass is 10.2. The van der Waals surface area contributed by atoms with E-state index >= 15 is 0 Å². The van der Waals surface area contributed by atoms with Gasteiger partial charge in [-0.3, -0.25) is 0 Å². The molecular formula is C12H14O2. The molecule has 1 aromatic rings. The van der Waals surface area contributed by atoms with E-state index in [0.717, 1.165) is 11.3 Å². The first-order chi connectivity index (χ1) is 6.76. The van der Waals surface area contributed by atoms with Crippen LogP contribution < -0.4 is 4.74 Å². The molecule has 74 valence electrons. The summed E-state index contributed by atoms with van der Waals surface area (Å²) in [6.45, 7) is 2.39. The van der Waals surface area contributed by atoms with Crippen molar-refractivity contribution in [3.63, 3.8) is 0 Å². The average molecular weight is 190 g/mol. The van der Waals surface area contributed by atoms with Crippen LogP contribution >= 0.6 is 0 Å². The van der Waals surface area contributed by atoms with E-state index in [1.54, 1.807) is 7.11 Å². The summed E-state index contributed by atoms with van der Waals surface area (Å²) >= 11 is 0. The van der Waals surface area contributed by atoms with Crippen molar-refractivity contribution in [2.75, 3.05) is 7.11 Å². The first-order valence-corrected chi connectivity index (χ1v) is 4.47. The smallest absolute Gasteiger partial charge is 0.118 e. The molecule has 0 aliphatic heterocycles. The zero-order valence-electron chi connectivity index (χ0n) is 8.49. The number of terminal acetylenes is 1. The normalized spacial score (nSPS) is 11.8. The molecule has 1 atom stereocenters. The third-order valence-corrected chi connectivity index (χ3v) is 1.89. The predicted molar refractivity (Wildman–Crippen MR) is 56.1 cm³/mol. The SMILES string of the molecule is C#C[C@@H](C)OCc1ccc(OC)cc1. The Morgan fingerprint density at radius 2 is 2.00 bits per heavy atom. The van der Waals surface area contributed by atoms with Crippen LogP contribution in [0.15, 0.2) is 24.3 Å². The van der Waals surface area contributed by atoms with Gasteiger partial charge in [0.25, 0.3) is 0 Å². The van der Waals surface area contributed by atoms with Crippen molar-refractivity contribution in [1.29, 1.82) is 0 Å². The number of hydrogen-bond donors (Lipinski definition) is 0. The lowest BCUT2D eigenvalue weighted by Gasteiger charge is -2.07. The molecule has 0 aromatic heterocycles. The molecule has 0 saturated heterocycles.